The van der Waals surface area contributed by atoms with Gasteiger partial charge in [0.15, 0.2) is 0 Å². The van der Waals surface area contributed by atoms with Crippen LogP contribution in [0.3, 0.4) is 0 Å². The zero-order chi connectivity index (χ0) is 12.6. The van der Waals surface area contributed by atoms with Gasteiger partial charge in [-0.1, -0.05) is 67.0 Å². The average Bonchev–Trinajstić information content (AvgIpc) is 2.45. The van der Waals surface area contributed by atoms with Crippen LogP contribution >= 0.6 is 0 Å². The maximum absolute atomic E-state index is 3.83. The molecular weight excluding hydrogens is 216 g/mol. The van der Waals surface area contributed by atoms with E-state index in [2.05, 4.69) is 36.6 Å². The quantitative estimate of drug-likeness (QED) is 0.692. The second-order valence-corrected chi connectivity index (χ2v) is 4.07. The zero-order valence-corrected chi connectivity index (χ0v) is 10.4. The molecule has 0 nitrogen and oxygen atoms in total. The summed E-state index contributed by atoms with van der Waals surface area (Å²) in [6, 6.07) is 18.4. The summed E-state index contributed by atoms with van der Waals surface area (Å²) in [5.74, 6) is 6.39. The SMILES string of the molecule is C=Cc1ccccc1CCC#Cc1ccccc1. The molecule has 0 aliphatic carbocycles. The average molecular weight is 232 g/mol. The van der Waals surface area contributed by atoms with E-state index in [0.29, 0.717) is 0 Å². The Morgan fingerprint density at radius 1 is 0.944 bits per heavy atom. The molecule has 0 bridgehead atoms. The summed E-state index contributed by atoms with van der Waals surface area (Å²) < 4.78 is 0. The van der Waals surface area contributed by atoms with Crippen molar-refractivity contribution in [3.05, 3.63) is 77.9 Å². The normalized spacial score (nSPS) is 9.33. The Bertz CT molecular complexity index is 568. The zero-order valence-electron chi connectivity index (χ0n) is 10.4. The first-order valence-corrected chi connectivity index (χ1v) is 6.14. The third kappa shape index (κ3) is 3.37. The molecule has 18 heavy (non-hydrogen) atoms. The highest BCUT2D eigenvalue weighted by molar-refractivity contribution is 5.51. The minimum atomic E-state index is 0.875. The topological polar surface area (TPSA) is 0 Å². The molecule has 0 saturated heterocycles. The van der Waals surface area contributed by atoms with Gasteiger partial charge in [0.2, 0.25) is 0 Å². The maximum atomic E-state index is 3.83. The lowest BCUT2D eigenvalue weighted by molar-refractivity contribution is 1.02. The second kappa shape index (κ2) is 6.47. The maximum Gasteiger partial charge on any atom is 0.0245 e. The van der Waals surface area contributed by atoms with Gasteiger partial charge in [-0.15, -0.1) is 0 Å². The molecule has 0 heteroatoms. The number of benzene rings is 2. The first-order valence-electron chi connectivity index (χ1n) is 6.14. The minimum absolute atomic E-state index is 0.875. The van der Waals surface area contributed by atoms with Crippen LogP contribution in [0.1, 0.15) is 23.1 Å². The summed E-state index contributed by atoms with van der Waals surface area (Å²) >= 11 is 0. The molecule has 2 aromatic rings. The monoisotopic (exact) mass is 232 g/mol. The van der Waals surface area contributed by atoms with Gasteiger partial charge in [0, 0.05) is 12.0 Å². The van der Waals surface area contributed by atoms with Crippen molar-refractivity contribution < 1.29 is 0 Å². The van der Waals surface area contributed by atoms with Crippen LogP contribution in [0.4, 0.5) is 0 Å². The van der Waals surface area contributed by atoms with Crippen molar-refractivity contribution in [2.45, 2.75) is 12.8 Å². The van der Waals surface area contributed by atoms with Gasteiger partial charge < -0.3 is 0 Å². The van der Waals surface area contributed by atoms with Crippen molar-refractivity contribution in [1.82, 2.24) is 0 Å². The van der Waals surface area contributed by atoms with Crippen LogP contribution in [0, 0.1) is 11.8 Å². The predicted molar refractivity (Wildman–Crippen MR) is 78.2 cm³/mol. The summed E-state index contributed by atoms with van der Waals surface area (Å²) in [7, 11) is 0. The van der Waals surface area contributed by atoms with Crippen molar-refractivity contribution in [2.75, 3.05) is 0 Å². The number of hydrogen-bond acceptors (Lipinski definition) is 0. The molecule has 0 aliphatic heterocycles. The molecule has 0 amide bonds. The van der Waals surface area contributed by atoms with Crippen LogP contribution in [-0.2, 0) is 6.42 Å². The molecule has 2 aromatic carbocycles. The Balaban J connectivity index is 1.97. The van der Waals surface area contributed by atoms with Gasteiger partial charge in [-0.2, -0.15) is 0 Å². The first kappa shape index (κ1) is 12.2. The minimum Gasteiger partial charge on any atom is -0.0985 e. The molecule has 0 aromatic heterocycles. The van der Waals surface area contributed by atoms with E-state index in [1.54, 1.807) is 0 Å². The molecular formula is C18H16. The highest BCUT2D eigenvalue weighted by Gasteiger charge is 1.96. The lowest BCUT2D eigenvalue weighted by atomic mass is 10.0. The second-order valence-electron chi connectivity index (χ2n) is 4.07. The molecule has 0 atom stereocenters. The Labute approximate surface area is 109 Å². The third-order valence-corrected chi connectivity index (χ3v) is 2.80. The van der Waals surface area contributed by atoms with E-state index in [1.165, 1.54) is 11.1 Å². The number of hydrogen-bond donors (Lipinski definition) is 0. The molecule has 0 radical (unpaired) electrons. The van der Waals surface area contributed by atoms with Crippen LogP contribution in [0.2, 0.25) is 0 Å². The van der Waals surface area contributed by atoms with E-state index in [4.69, 9.17) is 0 Å². The van der Waals surface area contributed by atoms with Crippen LogP contribution in [0.25, 0.3) is 6.08 Å². The van der Waals surface area contributed by atoms with Crippen LogP contribution in [0.5, 0.6) is 0 Å². The third-order valence-electron chi connectivity index (χ3n) is 2.80. The molecule has 0 saturated carbocycles. The fourth-order valence-corrected chi connectivity index (χ4v) is 1.84. The van der Waals surface area contributed by atoms with Crippen molar-refractivity contribution in [2.24, 2.45) is 0 Å². The van der Waals surface area contributed by atoms with E-state index in [-0.39, 0.29) is 0 Å². The van der Waals surface area contributed by atoms with Crippen molar-refractivity contribution in [3.8, 4) is 11.8 Å². The summed E-state index contributed by atoms with van der Waals surface area (Å²) in [6.45, 7) is 3.83. The molecule has 2 rings (SSSR count). The molecule has 0 N–H and O–H groups in total. The van der Waals surface area contributed by atoms with E-state index in [9.17, 15) is 0 Å². The number of rotatable bonds is 3. The smallest absolute Gasteiger partial charge is 0.0245 e. The van der Waals surface area contributed by atoms with Gasteiger partial charge >= 0.3 is 0 Å². The van der Waals surface area contributed by atoms with Gasteiger partial charge in [-0.3, -0.25) is 0 Å². The van der Waals surface area contributed by atoms with Gasteiger partial charge in [-0.25, -0.2) is 0 Å². The predicted octanol–water partition coefficient (Wildman–Crippen LogP) is 4.31. The van der Waals surface area contributed by atoms with Crippen molar-refractivity contribution in [3.63, 3.8) is 0 Å². The van der Waals surface area contributed by atoms with E-state index in [0.717, 1.165) is 18.4 Å². The Kier molecular flexibility index (Phi) is 4.39. The largest absolute Gasteiger partial charge is 0.0985 e. The summed E-state index contributed by atoms with van der Waals surface area (Å²) in [4.78, 5) is 0. The molecule has 0 fully saturated rings. The highest BCUT2D eigenvalue weighted by Crippen LogP contribution is 2.11. The van der Waals surface area contributed by atoms with E-state index in [1.807, 2.05) is 42.5 Å². The standard InChI is InChI=1S/C18H16/c1-2-17-13-8-9-15-18(17)14-7-6-12-16-10-4-3-5-11-16/h2-5,8-11,13,15H,1,7,14H2. The lowest BCUT2D eigenvalue weighted by Gasteiger charge is -2.02. The molecule has 88 valence electrons. The van der Waals surface area contributed by atoms with Crippen LogP contribution in [-0.4, -0.2) is 0 Å². The fraction of sp³-hybridized carbons (Fsp3) is 0.111. The van der Waals surface area contributed by atoms with Crippen LogP contribution in [0.15, 0.2) is 61.2 Å². The molecule has 0 aliphatic rings. The van der Waals surface area contributed by atoms with Gasteiger partial charge in [0.05, 0.1) is 0 Å². The van der Waals surface area contributed by atoms with E-state index < -0.39 is 0 Å². The van der Waals surface area contributed by atoms with Crippen molar-refractivity contribution in [1.29, 1.82) is 0 Å². The van der Waals surface area contributed by atoms with Crippen LogP contribution < -0.4 is 0 Å². The Morgan fingerprint density at radius 2 is 1.67 bits per heavy atom. The molecule has 0 heterocycles. The van der Waals surface area contributed by atoms with Gasteiger partial charge in [-0.05, 0) is 29.7 Å². The Morgan fingerprint density at radius 3 is 2.44 bits per heavy atom. The Hall–Kier alpha value is -2.26. The van der Waals surface area contributed by atoms with Gasteiger partial charge in [0.25, 0.3) is 0 Å². The highest BCUT2D eigenvalue weighted by atomic mass is 14.0. The summed E-state index contributed by atoms with van der Waals surface area (Å²) in [6.07, 6.45) is 3.75. The summed E-state index contributed by atoms with van der Waals surface area (Å²) in [5, 5.41) is 0. The fourth-order valence-electron chi connectivity index (χ4n) is 1.84. The number of aryl methyl sites for hydroxylation is 1. The van der Waals surface area contributed by atoms with E-state index >= 15 is 0 Å². The first-order chi connectivity index (χ1) is 8.90. The lowest BCUT2D eigenvalue weighted by Crippen LogP contribution is -1.87. The summed E-state index contributed by atoms with van der Waals surface area (Å²) in [5.41, 5.74) is 3.60. The van der Waals surface area contributed by atoms with Crippen molar-refractivity contribution >= 4 is 6.08 Å². The molecule has 0 spiro atoms. The molecule has 0 unspecified atom stereocenters. The van der Waals surface area contributed by atoms with Gasteiger partial charge in [0.1, 0.15) is 0 Å².